The van der Waals surface area contributed by atoms with Gasteiger partial charge in [0, 0.05) is 17.2 Å². The number of hydrazone groups is 1. The summed E-state index contributed by atoms with van der Waals surface area (Å²) in [5.41, 5.74) is 3.18. The number of carbonyl (C=O) groups is 1. The predicted octanol–water partition coefficient (Wildman–Crippen LogP) is 3.26. The van der Waals surface area contributed by atoms with E-state index in [4.69, 9.17) is 21.1 Å². The molecule has 0 radical (unpaired) electrons. The first-order valence-corrected chi connectivity index (χ1v) is 6.93. The summed E-state index contributed by atoms with van der Waals surface area (Å²) in [5.74, 6) is 0.105. The smallest absolute Gasteiger partial charge is 0.271 e. The molecule has 1 amide bonds. The molecule has 0 bridgehead atoms. The van der Waals surface area contributed by atoms with Crippen molar-refractivity contribution in [2.75, 3.05) is 14.2 Å². The van der Waals surface area contributed by atoms with Crippen LogP contribution in [0.3, 0.4) is 0 Å². The fourth-order valence-electron chi connectivity index (χ4n) is 1.80. The van der Waals surface area contributed by atoms with Crippen LogP contribution in [0.5, 0.6) is 11.5 Å². The molecule has 0 aliphatic heterocycles. The molecule has 120 valence electrons. The van der Waals surface area contributed by atoms with Gasteiger partial charge in [0.2, 0.25) is 0 Å². The molecule has 0 atom stereocenters. The number of nitrogens with zero attached hydrogens (tertiary/aromatic N) is 1. The highest BCUT2D eigenvalue weighted by atomic mass is 35.5. The van der Waals surface area contributed by atoms with Crippen molar-refractivity contribution in [1.82, 2.24) is 5.43 Å². The van der Waals surface area contributed by atoms with Crippen molar-refractivity contribution in [2.45, 2.75) is 0 Å². The van der Waals surface area contributed by atoms with E-state index >= 15 is 0 Å². The Hall–Kier alpha value is -2.60. The summed E-state index contributed by atoms with van der Waals surface area (Å²) in [5, 5.41) is 4.22. The standard InChI is InChI=1S/C16H14ClFN2O3/c1-22-14-7-11(13(17)8-15(14)23-2)9-19-20-16(21)10-3-5-12(18)6-4-10/h3-9H,1-2H3,(H,20,21)/b19-9-. The zero-order valence-corrected chi connectivity index (χ0v) is 13.2. The van der Waals surface area contributed by atoms with Crippen LogP contribution in [0.25, 0.3) is 0 Å². The number of benzene rings is 2. The molecule has 0 aliphatic rings. The molecular formula is C16H14ClFN2O3. The molecule has 0 spiro atoms. The lowest BCUT2D eigenvalue weighted by molar-refractivity contribution is 0.0955. The summed E-state index contributed by atoms with van der Waals surface area (Å²) >= 11 is 6.11. The lowest BCUT2D eigenvalue weighted by Gasteiger charge is -2.09. The third-order valence-corrected chi connectivity index (χ3v) is 3.31. The topological polar surface area (TPSA) is 59.9 Å². The summed E-state index contributed by atoms with van der Waals surface area (Å²) in [6.45, 7) is 0. The van der Waals surface area contributed by atoms with Gasteiger partial charge in [0.1, 0.15) is 5.82 Å². The first kappa shape index (κ1) is 16.8. The monoisotopic (exact) mass is 336 g/mol. The minimum absolute atomic E-state index is 0.293. The lowest BCUT2D eigenvalue weighted by Crippen LogP contribution is -2.17. The van der Waals surface area contributed by atoms with Crippen LogP contribution in [-0.4, -0.2) is 26.3 Å². The van der Waals surface area contributed by atoms with Gasteiger partial charge in [-0.2, -0.15) is 5.10 Å². The Morgan fingerprint density at radius 1 is 1.17 bits per heavy atom. The van der Waals surface area contributed by atoms with E-state index in [1.54, 1.807) is 12.1 Å². The van der Waals surface area contributed by atoms with Gasteiger partial charge < -0.3 is 9.47 Å². The first-order chi connectivity index (χ1) is 11.0. The van der Waals surface area contributed by atoms with Crippen LogP contribution in [0.2, 0.25) is 5.02 Å². The number of ether oxygens (including phenoxy) is 2. The maximum atomic E-state index is 12.8. The number of methoxy groups -OCH3 is 2. The molecule has 2 rings (SSSR count). The quantitative estimate of drug-likeness (QED) is 0.673. The average Bonchev–Trinajstić information content (AvgIpc) is 2.56. The molecule has 0 saturated heterocycles. The molecule has 5 nitrogen and oxygen atoms in total. The van der Waals surface area contributed by atoms with Crippen LogP contribution in [0.4, 0.5) is 4.39 Å². The molecule has 0 heterocycles. The second-order valence-electron chi connectivity index (χ2n) is 4.43. The van der Waals surface area contributed by atoms with Crippen LogP contribution in [0.1, 0.15) is 15.9 Å². The molecular weight excluding hydrogens is 323 g/mol. The van der Waals surface area contributed by atoms with E-state index in [9.17, 15) is 9.18 Å². The maximum Gasteiger partial charge on any atom is 0.271 e. The van der Waals surface area contributed by atoms with E-state index in [0.29, 0.717) is 27.6 Å². The van der Waals surface area contributed by atoms with Crippen LogP contribution in [0, 0.1) is 5.82 Å². The molecule has 0 aromatic heterocycles. The van der Waals surface area contributed by atoms with E-state index in [1.165, 1.54) is 44.7 Å². The molecule has 23 heavy (non-hydrogen) atoms. The van der Waals surface area contributed by atoms with Gasteiger partial charge in [-0.05, 0) is 30.3 Å². The van der Waals surface area contributed by atoms with E-state index in [0.717, 1.165) is 0 Å². The zero-order valence-electron chi connectivity index (χ0n) is 12.5. The minimum Gasteiger partial charge on any atom is -0.493 e. The Balaban J connectivity index is 2.11. The lowest BCUT2D eigenvalue weighted by atomic mass is 10.2. The van der Waals surface area contributed by atoms with Crippen molar-refractivity contribution >= 4 is 23.7 Å². The Kier molecular flexibility index (Phi) is 5.54. The normalized spacial score (nSPS) is 10.6. The third-order valence-electron chi connectivity index (χ3n) is 2.98. The van der Waals surface area contributed by atoms with Gasteiger partial charge in [-0.15, -0.1) is 0 Å². The fraction of sp³-hybridized carbons (Fsp3) is 0.125. The number of carbonyl (C=O) groups excluding carboxylic acids is 1. The highest BCUT2D eigenvalue weighted by Crippen LogP contribution is 2.32. The first-order valence-electron chi connectivity index (χ1n) is 6.55. The highest BCUT2D eigenvalue weighted by molar-refractivity contribution is 6.33. The van der Waals surface area contributed by atoms with Crippen LogP contribution >= 0.6 is 11.6 Å². The number of hydrogen-bond acceptors (Lipinski definition) is 4. The summed E-state index contributed by atoms with van der Waals surface area (Å²) in [4.78, 5) is 11.8. The minimum atomic E-state index is -0.460. The Morgan fingerprint density at radius 2 is 1.78 bits per heavy atom. The molecule has 0 fully saturated rings. The van der Waals surface area contributed by atoms with E-state index in [2.05, 4.69) is 10.5 Å². The molecule has 1 N–H and O–H groups in total. The molecule has 7 heteroatoms. The van der Waals surface area contributed by atoms with Gasteiger partial charge in [0.15, 0.2) is 11.5 Å². The van der Waals surface area contributed by atoms with E-state index in [-0.39, 0.29) is 0 Å². The van der Waals surface area contributed by atoms with Gasteiger partial charge in [0.05, 0.1) is 25.5 Å². The summed E-state index contributed by atoms with van der Waals surface area (Å²) < 4.78 is 23.1. The Bertz CT molecular complexity index is 733. The molecule has 0 unspecified atom stereocenters. The van der Waals surface area contributed by atoms with Crippen molar-refractivity contribution in [1.29, 1.82) is 0 Å². The van der Waals surface area contributed by atoms with Gasteiger partial charge in [-0.3, -0.25) is 4.79 Å². The number of hydrogen-bond donors (Lipinski definition) is 1. The largest absolute Gasteiger partial charge is 0.493 e. The van der Waals surface area contributed by atoms with Gasteiger partial charge >= 0.3 is 0 Å². The van der Waals surface area contributed by atoms with E-state index < -0.39 is 11.7 Å². The summed E-state index contributed by atoms with van der Waals surface area (Å²) in [6, 6.07) is 8.35. The molecule has 0 aliphatic carbocycles. The second-order valence-corrected chi connectivity index (χ2v) is 4.84. The number of amides is 1. The molecule has 2 aromatic rings. The highest BCUT2D eigenvalue weighted by Gasteiger charge is 2.09. The number of rotatable bonds is 5. The van der Waals surface area contributed by atoms with Crippen LogP contribution in [-0.2, 0) is 0 Å². The fourth-order valence-corrected chi connectivity index (χ4v) is 2.00. The second kappa shape index (κ2) is 7.60. The number of halogens is 2. The maximum absolute atomic E-state index is 12.8. The van der Waals surface area contributed by atoms with Crippen molar-refractivity contribution < 1.29 is 18.7 Å². The summed E-state index contributed by atoms with van der Waals surface area (Å²) in [6.07, 6.45) is 1.38. The molecule has 0 saturated carbocycles. The van der Waals surface area contributed by atoms with Crippen molar-refractivity contribution in [2.24, 2.45) is 5.10 Å². The van der Waals surface area contributed by atoms with E-state index in [1.807, 2.05) is 0 Å². The van der Waals surface area contributed by atoms with Gasteiger partial charge in [-0.1, -0.05) is 11.6 Å². The summed E-state index contributed by atoms with van der Waals surface area (Å²) in [7, 11) is 3.01. The van der Waals surface area contributed by atoms with Crippen molar-refractivity contribution in [3.05, 3.63) is 58.4 Å². The SMILES string of the molecule is COc1cc(Cl)c(/C=N\NC(=O)c2ccc(F)cc2)cc1OC. The Labute approximate surface area is 137 Å². The molecule has 2 aromatic carbocycles. The van der Waals surface area contributed by atoms with Gasteiger partial charge in [-0.25, -0.2) is 9.82 Å². The third kappa shape index (κ3) is 4.20. The zero-order chi connectivity index (χ0) is 16.8. The van der Waals surface area contributed by atoms with Crippen molar-refractivity contribution in [3.63, 3.8) is 0 Å². The van der Waals surface area contributed by atoms with Crippen LogP contribution < -0.4 is 14.9 Å². The Morgan fingerprint density at radius 3 is 2.39 bits per heavy atom. The van der Waals surface area contributed by atoms with Crippen molar-refractivity contribution in [3.8, 4) is 11.5 Å². The van der Waals surface area contributed by atoms with Crippen LogP contribution in [0.15, 0.2) is 41.5 Å². The number of nitrogens with one attached hydrogen (secondary N) is 1. The predicted molar refractivity (Wildman–Crippen MR) is 86.0 cm³/mol. The van der Waals surface area contributed by atoms with Gasteiger partial charge in [0.25, 0.3) is 5.91 Å². The average molecular weight is 337 g/mol.